The summed E-state index contributed by atoms with van der Waals surface area (Å²) in [6.07, 6.45) is 5.14. The Bertz CT molecular complexity index is 1650. The molecule has 4 aromatic rings. The second-order valence-electron chi connectivity index (χ2n) is 8.67. The van der Waals surface area contributed by atoms with Crippen LogP contribution < -0.4 is 0 Å². The number of nitrogens with zero attached hydrogens (tertiary/aromatic N) is 5. The van der Waals surface area contributed by atoms with E-state index in [1.54, 1.807) is 23.2 Å². The zero-order valence-corrected chi connectivity index (χ0v) is 18.4. The molecule has 0 bridgehead atoms. The quantitative estimate of drug-likeness (QED) is 0.438. The Balaban J connectivity index is 1.65. The third-order valence-electron chi connectivity index (χ3n) is 6.67. The number of nitriles is 1. The van der Waals surface area contributed by atoms with Crippen molar-refractivity contribution < 1.29 is 14.4 Å². The summed E-state index contributed by atoms with van der Waals surface area (Å²) >= 11 is 0. The first-order valence-corrected chi connectivity index (χ1v) is 11.0. The number of hydrogen-bond acceptors (Lipinski definition) is 5. The van der Waals surface area contributed by atoms with Gasteiger partial charge in [0.2, 0.25) is 5.91 Å². The van der Waals surface area contributed by atoms with Crippen molar-refractivity contribution in [3.8, 4) is 6.07 Å². The molecule has 34 heavy (non-hydrogen) atoms. The Hall–Kier alpha value is -4.51. The maximum absolute atomic E-state index is 13.2. The number of allylic oxidation sites excluding steroid dienone is 2. The van der Waals surface area contributed by atoms with Gasteiger partial charge in [-0.05, 0) is 29.8 Å². The van der Waals surface area contributed by atoms with Crippen LogP contribution in [0.4, 0.5) is 0 Å². The summed E-state index contributed by atoms with van der Waals surface area (Å²) in [6.45, 7) is 2.99. The highest BCUT2D eigenvalue weighted by atomic mass is 16.2. The van der Waals surface area contributed by atoms with Crippen molar-refractivity contribution in [1.29, 1.82) is 5.26 Å². The van der Waals surface area contributed by atoms with Gasteiger partial charge >= 0.3 is 0 Å². The molecule has 1 aromatic carbocycles. The minimum atomic E-state index is -0.240. The fourth-order valence-corrected chi connectivity index (χ4v) is 5.15. The molecule has 166 valence electrons. The third kappa shape index (κ3) is 2.83. The van der Waals surface area contributed by atoms with E-state index in [0.717, 1.165) is 16.5 Å². The first kappa shape index (κ1) is 20.1. The Morgan fingerprint density at radius 1 is 1.12 bits per heavy atom. The van der Waals surface area contributed by atoms with Crippen molar-refractivity contribution in [3.05, 3.63) is 71.3 Å². The molecule has 8 heteroatoms. The molecule has 4 heterocycles. The van der Waals surface area contributed by atoms with Gasteiger partial charge in [0.25, 0.3) is 0 Å². The Morgan fingerprint density at radius 3 is 2.74 bits per heavy atom. The SMILES string of the molecule is CC(=O)N1CCn2cc(C3=C(c4cnc5ccccn45)C(=O)CC3=O)c3cc(C#N)cc(c32)C1. The van der Waals surface area contributed by atoms with Crippen molar-refractivity contribution in [3.63, 3.8) is 0 Å². The van der Waals surface area contributed by atoms with Crippen molar-refractivity contribution in [1.82, 2.24) is 18.9 Å². The van der Waals surface area contributed by atoms with Gasteiger partial charge in [0.15, 0.2) is 11.6 Å². The van der Waals surface area contributed by atoms with Crippen molar-refractivity contribution >= 4 is 45.2 Å². The fourth-order valence-electron chi connectivity index (χ4n) is 5.15. The number of aromatic nitrogens is 3. The predicted octanol–water partition coefficient (Wildman–Crippen LogP) is 2.98. The molecular formula is C26H19N5O3. The number of benzene rings is 1. The summed E-state index contributed by atoms with van der Waals surface area (Å²) in [5.74, 6) is -0.509. The maximum Gasteiger partial charge on any atom is 0.219 e. The van der Waals surface area contributed by atoms with Gasteiger partial charge in [-0.2, -0.15) is 5.26 Å². The molecule has 1 amide bonds. The summed E-state index contributed by atoms with van der Waals surface area (Å²) in [5.41, 5.74) is 4.80. The topological polar surface area (TPSA) is 100 Å². The van der Waals surface area contributed by atoms with E-state index in [2.05, 4.69) is 11.1 Å². The van der Waals surface area contributed by atoms with Crippen LogP contribution in [0.25, 0.3) is 27.7 Å². The van der Waals surface area contributed by atoms with E-state index in [0.29, 0.717) is 53.2 Å². The number of imidazole rings is 1. The lowest BCUT2D eigenvalue weighted by molar-refractivity contribution is -0.129. The van der Waals surface area contributed by atoms with Gasteiger partial charge in [0.05, 0.1) is 41.0 Å². The van der Waals surface area contributed by atoms with Crippen LogP contribution >= 0.6 is 0 Å². The van der Waals surface area contributed by atoms with E-state index in [9.17, 15) is 19.6 Å². The number of pyridine rings is 1. The molecule has 1 aliphatic carbocycles. The van der Waals surface area contributed by atoms with Gasteiger partial charge in [-0.25, -0.2) is 4.98 Å². The van der Waals surface area contributed by atoms with Gasteiger partial charge in [-0.15, -0.1) is 0 Å². The lowest BCUT2D eigenvalue weighted by Crippen LogP contribution is -2.29. The molecule has 0 atom stereocenters. The standard InChI is InChI=1S/C26H19N5O3/c1-15(32)29-6-7-30-14-19(18-9-16(11-27)8-17(13-29)26(18)30)24-21(33)10-22(34)25(24)20-12-28-23-4-2-3-5-31(20)23/h2-5,8-9,12,14H,6-7,10,13H2,1H3. The second-order valence-corrected chi connectivity index (χ2v) is 8.67. The van der Waals surface area contributed by atoms with Crippen LogP contribution in [0, 0.1) is 11.3 Å². The molecule has 0 radical (unpaired) electrons. The van der Waals surface area contributed by atoms with Crippen molar-refractivity contribution in [2.75, 3.05) is 6.54 Å². The second kappa shape index (κ2) is 7.25. The average Bonchev–Trinajstić information content (AvgIpc) is 3.44. The molecule has 0 unspecified atom stereocenters. The van der Waals surface area contributed by atoms with Gasteiger partial charge in [0.1, 0.15) is 5.65 Å². The molecular weight excluding hydrogens is 430 g/mol. The molecule has 0 saturated heterocycles. The third-order valence-corrected chi connectivity index (χ3v) is 6.67. The minimum Gasteiger partial charge on any atom is -0.345 e. The fraction of sp³-hybridized carbons (Fsp3) is 0.192. The number of fused-ring (bicyclic) bond motifs is 1. The van der Waals surface area contributed by atoms with Gasteiger partial charge < -0.3 is 9.47 Å². The highest BCUT2D eigenvalue weighted by Gasteiger charge is 2.36. The van der Waals surface area contributed by atoms with Crippen LogP contribution in [0.5, 0.6) is 0 Å². The molecule has 2 aliphatic rings. The van der Waals surface area contributed by atoms with Crippen LogP contribution in [0.15, 0.2) is 48.9 Å². The van der Waals surface area contributed by atoms with Crippen LogP contribution in [0.1, 0.15) is 35.7 Å². The molecule has 0 N–H and O–H groups in total. The molecule has 0 saturated carbocycles. The van der Waals surface area contributed by atoms with Crippen LogP contribution in [-0.2, 0) is 27.5 Å². The first-order chi connectivity index (χ1) is 16.5. The maximum atomic E-state index is 13.2. The summed E-state index contributed by atoms with van der Waals surface area (Å²) in [4.78, 5) is 44.5. The monoisotopic (exact) mass is 449 g/mol. The van der Waals surface area contributed by atoms with E-state index in [4.69, 9.17) is 0 Å². The van der Waals surface area contributed by atoms with E-state index >= 15 is 0 Å². The number of Topliss-reactive ketones (excluding diaryl/α,β-unsaturated/α-hetero) is 2. The lowest BCUT2D eigenvalue weighted by atomic mass is 9.96. The number of rotatable bonds is 2. The number of carbonyl (C=O) groups is 3. The molecule has 0 spiro atoms. The Morgan fingerprint density at radius 2 is 1.94 bits per heavy atom. The number of hydrogen-bond donors (Lipinski definition) is 0. The highest BCUT2D eigenvalue weighted by molar-refractivity contribution is 6.51. The number of ketones is 2. The van der Waals surface area contributed by atoms with E-state index in [1.807, 2.05) is 39.6 Å². The normalized spacial score (nSPS) is 15.9. The van der Waals surface area contributed by atoms with Crippen LogP contribution in [0.2, 0.25) is 0 Å². The van der Waals surface area contributed by atoms with Gasteiger partial charge in [0, 0.05) is 55.5 Å². The molecule has 6 rings (SSSR count). The van der Waals surface area contributed by atoms with E-state index in [1.165, 1.54) is 6.92 Å². The lowest BCUT2D eigenvalue weighted by Gasteiger charge is -2.18. The Kier molecular flexibility index (Phi) is 4.29. The van der Waals surface area contributed by atoms with Crippen LogP contribution in [0.3, 0.4) is 0 Å². The van der Waals surface area contributed by atoms with E-state index in [-0.39, 0.29) is 23.9 Å². The first-order valence-electron chi connectivity index (χ1n) is 11.0. The zero-order chi connectivity index (χ0) is 23.6. The largest absolute Gasteiger partial charge is 0.345 e. The number of carbonyl (C=O) groups excluding carboxylic acids is 3. The van der Waals surface area contributed by atoms with Gasteiger partial charge in [-0.1, -0.05) is 6.07 Å². The predicted molar refractivity (Wildman–Crippen MR) is 124 cm³/mol. The van der Waals surface area contributed by atoms with Crippen molar-refractivity contribution in [2.45, 2.75) is 26.4 Å². The summed E-state index contributed by atoms with van der Waals surface area (Å²) in [5, 5.41) is 10.4. The highest BCUT2D eigenvalue weighted by Crippen LogP contribution is 2.40. The molecule has 8 nitrogen and oxygen atoms in total. The van der Waals surface area contributed by atoms with Gasteiger partial charge in [-0.3, -0.25) is 18.8 Å². The molecule has 1 aliphatic heterocycles. The Labute approximate surface area is 194 Å². The average molecular weight is 449 g/mol. The van der Waals surface area contributed by atoms with Crippen molar-refractivity contribution in [2.24, 2.45) is 0 Å². The molecule has 0 fully saturated rings. The number of amides is 1. The summed E-state index contributed by atoms with van der Waals surface area (Å²) in [7, 11) is 0. The zero-order valence-electron chi connectivity index (χ0n) is 18.4. The summed E-state index contributed by atoms with van der Waals surface area (Å²) in [6, 6.07) is 11.3. The van der Waals surface area contributed by atoms with Crippen LogP contribution in [-0.4, -0.2) is 42.9 Å². The molecule has 3 aromatic heterocycles. The van der Waals surface area contributed by atoms with E-state index < -0.39 is 0 Å². The smallest absolute Gasteiger partial charge is 0.219 e. The summed E-state index contributed by atoms with van der Waals surface area (Å²) < 4.78 is 3.84. The minimum absolute atomic E-state index is 0.0318.